The van der Waals surface area contributed by atoms with Gasteiger partial charge in [0.05, 0.1) is 20.3 Å². The minimum Gasteiger partial charge on any atom is -0.493 e. The molecule has 0 aliphatic rings. The second-order valence-corrected chi connectivity index (χ2v) is 5.05. The van der Waals surface area contributed by atoms with Gasteiger partial charge in [0.15, 0.2) is 23.0 Å². The number of amides is 1. The SMILES string of the molecule is COc1cc(C)c([C@@H](C)NC(=O)c2nccnc2N)cc1OC. The van der Waals surface area contributed by atoms with Crippen molar-refractivity contribution in [2.75, 3.05) is 20.0 Å². The first kappa shape index (κ1) is 16.5. The van der Waals surface area contributed by atoms with Crippen LogP contribution < -0.4 is 20.5 Å². The molecule has 0 radical (unpaired) electrons. The van der Waals surface area contributed by atoms with Gasteiger partial charge in [0.25, 0.3) is 5.91 Å². The molecule has 0 bridgehead atoms. The Hall–Kier alpha value is -2.83. The molecule has 1 aromatic heterocycles. The third-order valence-corrected chi connectivity index (χ3v) is 3.53. The summed E-state index contributed by atoms with van der Waals surface area (Å²) in [7, 11) is 3.15. The Balaban J connectivity index is 2.25. The number of nitrogen functional groups attached to an aromatic ring is 1. The van der Waals surface area contributed by atoms with Gasteiger partial charge in [0.2, 0.25) is 0 Å². The number of rotatable bonds is 5. The second kappa shape index (κ2) is 6.95. The summed E-state index contributed by atoms with van der Waals surface area (Å²) in [6.07, 6.45) is 2.87. The molecule has 7 nitrogen and oxygen atoms in total. The van der Waals surface area contributed by atoms with E-state index < -0.39 is 0 Å². The van der Waals surface area contributed by atoms with E-state index in [1.54, 1.807) is 14.2 Å². The summed E-state index contributed by atoms with van der Waals surface area (Å²) >= 11 is 0. The molecule has 3 N–H and O–H groups in total. The Morgan fingerprint density at radius 3 is 2.39 bits per heavy atom. The van der Waals surface area contributed by atoms with Crippen LogP contribution in [0.25, 0.3) is 0 Å². The van der Waals surface area contributed by atoms with E-state index in [0.29, 0.717) is 11.5 Å². The number of hydrogen-bond donors (Lipinski definition) is 2. The third kappa shape index (κ3) is 3.50. The molecule has 0 saturated carbocycles. The predicted molar refractivity (Wildman–Crippen MR) is 86.6 cm³/mol. The maximum atomic E-state index is 12.3. The summed E-state index contributed by atoms with van der Waals surface area (Å²) in [5, 5.41) is 2.87. The normalized spacial score (nSPS) is 11.7. The standard InChI is InChI=1S/C16H20N4O3/c1-9-7-12(22-3)13(23-4)8-11(9)10(2)20-16(21)14-15(17)19-6-5-18-14/h5-8,10H,1-4H3,(H2,17,19)(H,20,21)/t10-/m1/s1. The van der Waals surface area contributed by atoms with E-state index in [4.69, 9.17) is 15.2 Å². The molecule has 2 aromatic rings. The van der Waals surface area contributed by atoms with Crippen LogP contribution in [0.4, 0.5) is 5.82 Å². The van der Waals surface area contributed by atoms with Gasteiger partial charge in [-0.2, -0.15) is 0 Å². The number of carbonyl (C=O) groups excluding carboxylic acids is 1. The molecule has 0 aliphatic heterocycles. The number of benzene rings is 1. The fourth-order valence-electron chi connectivity index (χ4n) is 2.33. The highest BCUT2D eigenvalue weighted by atomic mass is 16.5. The number of methoxy groups -OCH3 is 2. The van der Waals surface area contributed by atoms with E-state index in [1.807, 2.05) is 26.0 Å². The fourth-order valence-corrected chi connectivity index (χ4v) is 2.33. The summed E-state index contributed by atoms with van der Waals surface area (Å²) in [6.45, 7) is 3.81. The number of nitrogens with one attached hydrogen (secondary N) is 1. The maximum Gasteiger partial charge on any atom is 0.274 e. The lowest BCUT2D eigenvalue weighted by molar-refractivity contribution is 0.0935. The first-order valence-electron chi connectivity index (χ1n) is 7.07. The molecule has 23 heavy (non-hydrogen) atoms. The molecular formula is C16H20N4O3. The summed E-state index contributed by atoms with van der Waals surface area (Å²) in [6, 6.07) is 3.45. The summed E-state index contributed by atoms with van der Waals surface area (Å²) in [4.78, 5) is 20.1. The monoisotopic (exact) mass is 316 g/mol. The summed E-state index contributed by atoms with van der Waals surface area (Å²) < 4.78 is 10.6. The number of aromatic nitrogens is 2. The van der Waals surface area contributed by atoms with Crippen molar-refractivity contribution in [2.45, 2.75) is 19.9 Å². The van der Waals surface area contributed by atoms with E-state index in [-0.39, 0.29) is 23.5 Å². The Morgan fingerprint density at radius 1 is 1.17 bits per heavy atom. The zero-order valence-corrected chi connectivity index (χ0v) is 13.6. The van der Waals surface area contributed by atoms with Crippen LogP contribution in [-0.4, -0.2) is 30.1 Å². The lowest BCUT2D eigenvalue weighted by atomic mass is 10.0. The number of aryl methyl sites for hydroxylation is 1. The highest BCUT2D eigenvalue weighted by Gasteiger charge is 2.18. The van der Waals surface area contributed by atoms with Crippen LogP contribution in [0.15, 0.2) is 24.5 Å². The Bertz CT molecular complexity index is 718. The lowest BCUT2D eigenvalue weighted by Gasteiger charge is -2.19. The zero-order valence-electron chi connectivity index (χ0n) is 13.6. The van der Waals surface area contributed by atoms with Gasteiger partial charge in [-0.15, -0.1) is 0 Å². The Morgan fingerprint density at radius 2 is 1.78 bits per heavy atom. The topological polar surface area (TPSA) is 99.4 Å². The minimum absolute atomic E-state index is 0.0984. The van der Waals surface area contributed by atoms with Crippen molar-refractivity contribution >= 4 is 11.7 Å². The molecule has 122 valence electrons. The van der Waals surface area contributed by atoms with Crippen molar-refractivity contribution in [3.8, 4) is 11.5 Å². The van der Waals surface area contributed by atoms with E-state index in [0.717, 1.165) is 11.1 Å². The smallest absolute Gasteiger partial charge is 0.274 e. The van der Waals surface area contributed by atoms with Crippen molar-refractivity contribution in [1.29, 1.82) is 0 Å². The van der Waals surface area contributed by atoms with Gasteiger partial charge in [-0.25, -0.2) is 9.97 Å². The van der Waals surface area contributed by atoms with Gasteiger partial charge in [0.1, 0.15) is 0 Å². The molecule has 0 unspecified atom stereocenters. The van der Waals surface area contributed by atoms with Gasteiger partial charge in [-0.05, 0) is 37.1 Å². The fraction of sp³-hybridized carbons (Fsp3) is 0.312. The van der Waals surface area contributed by atoms with Gasteiger partial charge >= 0.3 is 0 Å². The van der Waals surface area contributed by atoms with Crippen molar-refractivity contribution in [3.05, 3.63) is 41.3 Å². The van der Waals surface area contributed by atoms with Gasteiger partial charge < -0.3 is 20.5 Å². The number of ether oxygens (including phenoxy) is 2. The molecular weight excluding hydrogens is 296 g/mol. The predicted octanol–water partition coefficient (Wildman–Crippen LogP) is 1.88. The van der Waals surface area contributed by atoms with Crippen molar-refractivity contribution < 1.29 is 14.3 Å². The average Bonchev–Trinajstić information content (AvgIpc) is 2.54. The molecule has 0 aliphatic carbocycles. The molecule has 7 heteroatoms. The van der Waals surface area contributed by atoms with Gasteiger partial charge in [-0.1, -0.05) is 0 Å². The minimum atomic E-state index is -0.378. The average molecular weight is 316 g/mol. The van der Waals surface area contributed by atoms with Gasteiger partial charge in [-0.3, -0.25) is 4.79 Å². The quantitative estimate of drug-likeness (QED) is 0.873. The highest BCUT2D eigenvalue weighted by Crippen LogP contribution is 2.32. The number of hydrogen-bond acceptors (Lipinski definition) is 6. The van der Waals surface area contributed by atoms with Crippen LogP contribution >= 0.6 is 0 Å². The molecule has 1 aromatic carbocycles. The van der Waals surface area contributed by atoms with Crippen LogP contribution in [0.2, 0.25) is 0 Å². The van der Waals surface area contributed by atoms with E-state index >= 15 is 0 Å². The van der Waals surface area contributed by atoms with Crippen molar-refractivity contribution in [3.63, 3.8) is 0 Å². The van der Waals surface area contributed by atoms with E-state index in [2.05, 4.69) is 15.3 Å². The van der Waals surface area contributed by atoms with Crippen molar-refractivity contribution in [2.24, 2.45) is 0 Å². The van der Waals surface area contributed by atoms with Crippen molar-refractivity contribution in [1.82, 2.24) is 15.3 Å². The van der Waals surface area contributed by atoms with Crippen LogP contribution in [-0.2, 0) is 0 Å². The third-order valence-electron chi connectivity index (χ3n) is 3.53. The summed E-state index contributed by atoms with van der Waals surface area (Å²) in [5.74, 6) is 0.970. The maximum absolute atomic E-state index is 12.3. The molecule has 0 fully saturated rings. The van der Waals surface area contributed by atoms with Crippen LogP contribution in [0, 0.1) is 6.92 Å². The van der Waals surface area contributed by atoms with Crippen LogP contribution in [0.5, 0.6) is 11.5 Å². The first-order valence-corrected chi connectivity index (χ1v) is 7.07. The Kier molecular flexibility index (Phi) is 5.00. The molecule has 1 amide bonds. The summed E-state index contributed by atoms with van der Waals surface area (Å²) in [5.41, 5.74) is 7.68. The highest BCUT2D eigenvalue weighted by molar-refractivity contribution is 5.96. The molecule has 2 rings (SSSR count). The lowest BCUT2D eigenvalue weighted by Crippen LogP contribution is -2.29. The molecule has 1 atom stereocenters. The van der Waals surface area contributed by atoms with Gasteiger partial charge in [0, 0.05) is 12.4 Å². The van der Waals surface area contributed by atoms with E-state index in [1.165, 1.54) is 12.4 Å². The largest absolute Gasteiger partial charge is 0.493 e. The van der Waals surface area contributed by atoms with Crippen LogP contribution in [0.1, 0.15) is 34.6 Å². The second-order valence-electron chi connectivity index (χ2n) is 5.05. The van der Waals surface area contributed by atoms with Crippen LogP contribution in [0.3, 0.4) is 0 Å². The zero-order chi connectivity index (χ0) is 17.0. The van der Waals surface area contributed by atoms with E-state index in [9.17, 15) is 4.79 Å². The first-order chi connectivity index (χ1) is 11.0. The molecule has 0 saturated heterocycles. The Labute approximate surface area is 134 Å². The number of nitrogens with zero attached hydrogens (tertiary/aromatic N) is 2. The number of anilines is 1. The molecule has 1 heterocycles. The number of carbonyl (C=O) groups is 1. The molecule has 0 spiro atoms. The number of nitrogens with two attached hydrogens (primary N) is 1.